The van der Waals surface area contributed by atoms with Crippen LogP contribution in [0.5, 0.6) is 0 Å². The van der Waals surface area contributed by atoms with Crippen molar-refractivity contribution in [3.8, 4) is 0 Å². The van der Waals surface area contributed by atoms with E-state index in [0.29, 0.717) is 18.9 Å². The highest BCUT2D eigenvalue weighted by Crippen LogP contribution is 2.06. The van der Waals surface area contributed by atoms with E-state index in [1.165, 1.54) is 6.07 Å². The van der Waals surface area contributed by atoms with Gasteiger partial charge < -0.3 is 15.4 Å². The summed E-state index contributed by atoms with van der Waals surface area (Å²) >= 11 is 0. The minimum atomic E-state index is -0.148. The van der Waals surface area contributed by atoms with Crippen LogP contribution in [-0.2, 0) is 11.2 Å². The highest BCUT2D eigenvalue weighted by atomic mass is 127. The third kappa shape index (κ3) is 8.64. The minimum Gasteiger partial charge on any atom is -0.379 e. The van der Waals surface area contributed by atoms with Gasteiger partial charge in [0.05, 0.1) is 13.2 Å². The molecule has 0 spiro atoms. The predicted octanol–water partition coefficient (Wildman–Crippen LogP) is 2.51. The molecule has 2 N–H and O–H groups in total. The van der Waals surface area contributed by atoms with Gasteiger partial charge in [0.25, 0.3) is 0 Å². The largest absolute Gasteiger partial charge is 0.379 e. The van der Waals surface area contributed by atoms with Crippen LogP contribution in [0.15, 0.2) is 29.3 Å². The molecular weight excluding hydrogens is 446 g/mol. The van der Waals surface area contributed by atoms with Crippen LogP contribution < -0.4 is 10.6 Å². The third-order valence-corrected chi connectivity index (χ3v) is 4.22. The van der Waals surface area contributed by atoms with Crippen LogP contribution in [0.3, 0.4) is 0 Å². The van der Waals surface area contributed by atoms with E-state index in [1.54, 1.807) is 6.07 Å². The van der Waals surface area contributed by atoms with Gasteiger partial charge in [-0.05, 0) is 30.9 Å². The molecule has 26 heavy (non-hydrogen) atoms. The van der Waals surface area contributed by atoms with Crippen molar-refractivity contribution in [3.63, 3.8) is 0 Å². The van der Waals surface area contributed by atoms with E-state index in [9.17, 15) is 4.39 Å². The Morgan fingerprint density at radius 2 is 2.00 bits per heavy atom. The van der Waals surface area contributed by atoms with Crippen molar-refractivity contribution in [3.05, 3.63) is 35.6 Å². The van der Waals surface area contributed by atoms with E-state index < -0.39 is 0 Å². The summed E-state index contributed by atoms with van der Waals surface area (Å²) in [6, 6.07) is 6.91. The number of aliphatic imine (C=N–C) groups is 1. The summed E-state index contributed by atoms with van der Waals surface area (Å²) in [6.07, 6.45) is 0.639. The average molecular weight is 478 g/mol. The van der Waals surface area contributed by atoms with Crippen LogP contribution in [-0.4, -0.2) is 63.3 Å². The number of nitrogens with one attached hydrogen (secondary N) is 2. The van der Waals surface area contributed by atoms with E-state index >= 15 is 0 Å². The van der Waals surface area contributed by atoms with Crippen LogP contribution in [0.25, 0.3) is 0 Å². The summed E-state index contributed by atoms with van der Waals surface area (Å²) in [6.45, 7) is 11.2. The Balaban J connectivity index is 0.00000338. The highest BCUT2D eigenvalue weighted by Gasteiger charge is 2.13. The molecule has 0 saturated carbocycles. The number of hydrogen-bond donors (Lipinski definition) is 2. The van der Waals surface area contributed by atoms with Crippen molar-refractivity contribution < 1.29 is 9.13 Å². The van der Waals surface area contributed by atoms with Crippen molar-refractivity contribution in [1.29, 1.82) is 0 Å². The van der Waals surface area contributed by atoms with Gasteiger partial charge in [-0.25, -0.2) is 4.39 Å². The molecular formula is C19H32FIN4O. The number of benzene rings is 1. The number of rotatable bonds is 8. The minimum absolute atomic E-state index is 0. The Labute approximate surface area is 173 Å². The van der Waals surface area contributed by atoms with E-state index in [0.717, 1.165) is 57.5 Å². The lowest BCUT2D eigenvalue weighted by Gasteiger charge is -2.28. The SMILES string of the molecule is CCNC(=NCC(C)CN1CCOCC1)NCCc1ccccc1F.I. The molecule has 1 atom stereocenters. The summed E-state index contributed by atoms with van der Waals surface area (Å²) in [7, 11) is 0. The van der Waals surface area contributed by atoms with Crippen molar-refractivity contribution in [2.45, 2.75) is 20.3 Å². The lowest BCUT2D eigenvalue weighted by atomic mass is 10.1. The van der Waals surface area contributed by atoms with Gasteiger partial charge in [0.1, 0.15) is 5.82 Å². The molecule has 2 rings (SSSR count). The predicted molar refractivity (Wildman–Crippen MR) is 116 cm³/mol. The molecule has 1 aliphatic heterocycles. The fraction of sp³-hybridized carbons (Fsp3) is 0.632. The highest BCUT2D eigenvalue weighted by molar-refractivity contribution is 14.0. The van der Waals surface area contributed by atoms with Crippen molar-refractivity contribution in [2.75, 3.05) is 52.5 Å². The van der Waals surface area contributed by atoms with Crippen molar-refractivity contribution in [1.82, 2.24) is 15.5 Å². The molecule has 1 unspecified atom stereocenters. The van der Waals surface area contributed by atoms with Crippen molar-refractivity contribution in [2.24, 2.45) is 10.9 Å². The number of guanidine groups is 1. The Morgan fingerprint density at radius 3 is 2.69 bits per heavy atom. The van der Waals surface area contributed by atoms with Gasteiger partial charge >= 0.3 is 0 Å². The summed E-state index contributed by atoms with van der Waals surface area (Å²) in [4.78, 5) is 7.11. The molecule has 1 saturated heterocycles. The molecule has 0 aliphatic carbocycles. The molecule has 0 bridgehead atoms. The zero-order valence-corrected chi connectivity index (χ0v) is 18.2. The van der Waals surface area contributed by atoms with E-state index in [4.69, 9.17) is 4.74 Å². The normalized spacial score (nSPS) is 16.7. The molecule has 7 heteroatoms. The molecule has 1 fully saturated rings. The van der Waals surface area contributed by atoms with Gasteiger partial charge in [0.2, 0.25) is 0 Å². The van der Waals surface area contributed by atoms with Gasteiger partial charge in [-0.2, -0.15) is 0 Å². The fourth-order valence-corrected chi connectivity index (χ4v) is 2.89. The zero-order chi connectivity index (χ0) is 17.9. The first-order chi connectivity index (χ1) is 12.2. The lowest BCUT2D eigenvalue weighted by Crippen LogP contribution is -2.40. The standard InChI is InChI=1S/C19H31FN4O.HI/c1-3-21-19(22-9-8-17-6-4-5-7-18(17)20)23-14-16(2)15-24-10-12-25-13-11-24;/h4-7,16H,3,8-15H2,1-2H3,(H2,21,22,23);1H. The second kappa shape index (κ2) is 13.3. The maximum Gasteiger partial charge on any atom is 0.191 e. The van der Waals surface area contributed by atoms with Gasteiger partial charge in [-0.3, -0.25) is 9.89 Å². The Bertz CT molecular complexity index is 538. The van der Waals surface area contributed by atoms with Crippen LogP contribution in [0.2, 0.25) is 0 Å². The van der Waals surface area contributed by atoms with Gasteiger partial charge in [-0.15, -0.1) is 24.0 Å². The number of halogens is 2. The zero-order valence-electron chi connectivity index (χ0n) is 15.8. The van der Waals surface area contributed by atoms with Crippen LogP contribution in [0, 0.1) is 11.7 Å². The van der Waals surface area contributed by atoms with Gasteiger partial charge in [0.15, 0.2) is 5.96 Å². The molecule has 5 nitrogen and oxygen atoms in total. The molecule has 1 aliphatic rings. The van der Waals surface area contributed by atoms with Crippen molar-refractivity contribution >= 4 is 29.9 Å². The molecule has 1 aromatic carbocycles. The number of ether oxygens (including phenoxy) is 1. The number of morpholine rings is 1. The fourth-order valence-electron chi connectivity index (χ4n) is 2.89. The average Bonchev–Trinajstić information content (AvgIpc) is 2.62. The second-order valence-electron chi connectivity index (χ2n) is 6.51. The Kier molecular flexibility index (Phi) is 11.8. The van der Waals surface area contributed by atoms with Crippen LogP contribution >= 0.6 is 24.0 Å². The lowest BCUT2D eigenvalue weighted by molar-refractivity contribution is 0.0323. The van der Waals surface area contributed by atoms with Gasteiger partial charge in [0, 0.05) is 39.3 Å². The number of hydrogen-bond acceptors (Lipinski definition) is 3. The summed E-state index contributed by atoms with van der Waals surface area (Å²) in [5.74, 6) is 1.14. The maximum absolute atomic E-state index is 13.7. The second-order valence-corrected chi connectivity index (χ2v) is 6.51. The first kappa shape index (κ1) is 23.1. The quantitative estimate of drug-likeness (QED) is 0.343. The van der Waals surface area contributed by atoms with Crippen LogP contribution in [0.1, 0.15) is 19.4 Å². The molecule has 0 amide bonds. The van der Waals surface area contributed by atoms with Crippen LogP contribution in [0.4, 0.5) is 4.39 Å². The third-order valence-electron chi connectivity index (χ3n) is 4.22. The first-order valence-electron chi connectivity index (χ1n) is 9.24. The van der Waals surface area contributed by atoms with Gasteiger partial charge in [-0.1, -0.05) is 25.1 Å². The monoisotopic (exact) mass is 478 g/mol. The van der Waals surface area contributed by atoms with E-state index in [1.807, 2.05) is 19.1 Å². The Hall–Kier alpha value is -0.930. The van der Waals surface area contributed by atoms with E-state index in [2.05, 4.69) is 27.4 Å². The molecule has 1 aromatic rings. The molecule has 1 heterocycles. The molecule has 148 valence electrons. The number of nitrogens with zero attached hydrogens (tertiary/aromatic N) is 2. The summed E-state index contributed by atoms with van der Waals surface area (Å²) in [5, 5.41) is 6.55. The van der Waals surface area contributed by atoms with E-state index in [-0.39, 0.29) is 29.8 Å². The summed E-state index contributed by atoms with van der Waals surface area (Å²) in [5.41, 5.74) is 0.728. The smallest absolute Gasteiger partial charge is 0.191 e. The first-order valence-corrected chi connectivity index (χ1v) is 9.24. The molecule has 0 radical (unpaired) electrons. The maximum atomic E-state index is 13.7. The Morgan fingerprint density at radius 1 is 1.27 bits per heavy atom. The molecule has 0 aromatic heterocycles. The summed E-state index contributed by atoms with van der Waals surface area (Å²) < 4.78 is 19.0. The topological polar surface area (TPSA) is 48.9 Å².